The van der Waals surface area contributed by atoms with Gasteiger partial charge < -0.3 is 15.4 Å². The molecule has 1 heterocycles. The lowest BCUT2D eigenvalue weighted by Gasteiger charge is -2.39. The number of nitrogens with zero attached hydrogens (tertiary/aromatic N) is 2. The van der Waals surface area contributed by atoms with E-state index < -0.39 is 0 Å². The van der Waals surface area contributed by atoms with Gasteiger partial charge in [-0.1, -0.05) is 13.8 Å². The van der Waals surface area contributed by atoms with E-state index >= 15 is 0 Å². The third-order valence-electron chi connectivity index (χ3n) is 3.90. The van der Waals surface area contributed by atoms with E-state index in [-0.39, 0.29) is 5.91 Å². The average molecular weight is 271 g/mol. The van der Waals surface area contributed by atoms with Crippen LogP contribution in [-0.4, -0.2) is 68.2 Å². The summed E-state index contributed by atoms with van der Waals surface area (Å²) in [6.07, 6.45) is 1.66. The minimum Gasteiger partial charge on any atom is -0.384 e. The highest BCUT2D eigenvalue weighted by Crippen LogP contribution is 2.12. The Bertz CT molecular complexity index is 261. The summed E-state index contributed by atoms with van der Waals surface area (Å²) in [5.74, 6) is 0.549. The molecule has 5 heteroatoms. The van der Waals surface area contributed by atoms with Gasteiger partial charge in [0.15, 0.2) is 0 Å². The zero-order valence-electron chi connectivity index (χ0n) is 12.6. The van der Waals surface area contributed by atoms with Crippen molar-refractivity contribution in [2.75, 3.05) is 46.4 Å². The molecule has 0 saturated carbocycles. The fourth-order valence-electron chi connectivity index (χ4n) is 2.68. The minimum atomic E-state index is 0.255. The molecular formula is C14H29N3O2. The van der Waals surface area contributed by atoms with Crippen molar-refractivity contribution >= 4 is 5.91 Å². The summed E-state index contributed by atoms with van der Waals surface area (Å²) in [6, 6.07) is 0.463. The topological polar surface area (TPSA) is 58.8 Å². The Kier molecular flexibility index (Phi) is 7.34. The van der Waals surface area contributed by atoms with E-state index in [9.17, 15) is 4.79 Å². The van der Waals surface area contributed by atoms with E-state index in [1.165, 1.54) is 0 Å². The maximum atomic E-state index is 12.1. The number of amides is 1. The molecule has 0 radical (unpaired) electrons. The molecular weight excluding hydrogens is 242 g/mol. The van der Waals surface area contributed by atoms with Crippen LogP contribution in [0.1, 0.15) is 26.7 Å². The summed E-state index contributed by atoms with van der Waals surface area (Å²) >= 11 is 0. The van der Waals surface area contributed by atoms with Gasteiger partial charge in [0, 0.05) is 58.9 Å². The van der Waals surface area contributed by atoms with E-state index in [1.54, 1.807) is 7.11 Å². The molecule has 2 atom stereocenters. The number of rotatable bonds is 7. The van der Waals surface area contributed by atoms with Crippen LogP contribution >= 0.6 is 0 Å². The Morgan fingerprint density at radius 1 is 1.32 bits per heavy atom. The van der Waals surface area contributed by atoms with E-state index in [4.69, 9.17) is 10.5 Å². The Morgan fingerprint density at radius 3 is 2.42 bits per heavy atom. The van der Waals surface area contributed by atoms with Crippen molar-refractivity contribution < 1.29 is 9.53 Å². The minimum absolute atomic E-state index is 0.255. The Hall–Kier alpha value is -0.650. The van der Waals surface area contributed by atoms with Crippen molar-refractivity contribution in [3.8, 4) is 0 Å². The molecule has 1 rings (SSSR count). The van der Waals surface area contributed by atoms with Gasteiger partial charge >= 0.3 is 0 Å². The average Bonchev–Trinajstić information content (AvgIpc) is 2.41. The second kappa shape index (κ2) is 8.51. The first-order chi connectivity index (χ1) is 9.12. The lowest BCUT2D eigenvalue weighted by molar-refractivity contribution is -0.134. The van der Waals surface area contributed by atoms with E-state index in [0.29, 0.717) is 31.5 Å². The Labute approximate surface area is 117 Å². The molecule has 19 heavy (non-hydrogen) atoms. The molecule has 112 valence electrons. The van der Waals surface area contributed by atoms with Crippen molar-refractivity contribution in [1.82, 2.24) is 9.80 Å². The van der Waals surface area contributed by atoms with Crippen LogP contribution in [0.15, 0.2) is 0 Å². The summed E-state index contributed by atoms with van der Waals surface area (Å²) in [5, 5.41) is 0. The Balaban J connectivity index is 2.34. The van der Waals surface area contributed by atoms with Crippen LogP contribution in [0, 0.1) is 5.92 Å². The molecule has 1 fully saturated rings. The van der Waals surface area contributed by atoms with Gasteiger partial charge in [-0.3, -0.25) is 9.69 Å². The number of hydrogen-bond donors (Lipinski definition) is 1. The van der Waals surface area contributed by atoms with Gasteiger partial charge in [0.25, 0.3) is 0 Å². The molecule has 0 aromatic carbocycles. The van der Waals surface area contributed by atoms with Crippen molar-refractivity contribution in [2.24, 2.45) is 11.7 Å². The first kappa shape index (κ1) is 16.4. The van der Waals surface area contributed by atoms with Gasteiger partial charge in [-0.05, 0) is 12.3 Å². The maximum Gasteiger partial charge on any atom is 0.223 e. The predicted octanol–water partition coefficient (Wildman–Crippen LogP) is 0.541. The number of ether oxygens (including phenoxy) is 1. The van der Waals surface area contributed by atoms with Crippen LogP contribution in [-0.2, 0) is 9.53 Å². The van der Waals surface area contributed by atoms with E-state index in [1.807, 2.05) is 4.90 Å². The monoisotopic (exact) mass is 271 g/mol. The lowest BCUT2D eigenvalue weighted by Crippen LogP contribution is -2.53. The number of nitrogens with two attached hydrogens (primary N) is 1. The Morgan fingerprint density at radius 2 is 1.95 bits per heavy atom. The molecule has 1 amide bonds. The van der Waals surface area contributed by atoms with Gasteiger partial charge in [0.05, 0.1) is 0 Å². The van der Waals surface area contributed by atoms with Gasteiger partial charge in [0.2, 0.25) is 5.91 Å². The molecule has 1 aliphatic heterocycles. The first-order valence-electron chi connectivity index (χ1n) is 7.33. The van der Waals surface area contributed by atoms with Crippen molar-refractivity contribution in [3.63, 3.8) is 0 Å². The van der Waals surface area contributed by atoms with Crippen molar-refractivity contribution in [2.45, 2.75) is 32.7 Å². The standard InChI is InChI=1S/C14H29N3O2/c1-4-13(10-15)16-5-7-17(8-6-16)14(18)9-12(2)11-19-3/h12-13H,4-11,15H2,1-3H3. The zero-order chi connectivity index (χ0) is 14.3. The fraction of sp³-hybridized carbons (Fsp3) is 0.929. The third kappa shape index (κ3) is 5.09. The molecule has 2 unspecified atom stereocenters. The molecule has 0 aliphatic carbocycles. The maximum absolute atomic E-state index is 12.1. The molecule has 5 nitrogen and oxygen atoms in total. The summed E-state index contributed by atoms with van der Waals surface area (Å²) < 4.78 is 5.08. The number of hydrogen-bond acceptors (Lipinski definition) is 4. The normalized spacial score (nSPS) is 20.3. The van der Waals surface area contributed by atoms with Gasteiger partial charge in [0.1, 0.15) is 0 Å². The highest BCUT2D eigenvalue weighted by atomic mass is 16.5. The smallest absolute Gasteiger partial charge is 0.223 e. The summed E-state index contributed by atoms with van der Waals surface area (Å²) in [6.45, 7) is 9.12. The molecule has 0 spiro atoms. The molecule has 1 aliphatic rings. The summed E-state index contributed by atoms with van der Waals surface area (Å²) in [5.41, 5.74) is 5.77. The summed E-state index contributed by atoms with van der Waals surface area (Å²) in [7, 11) is 1.68. The number of methoxy groups -OCH3 is 1. The van der Waals surface area contributed by atoms with Crippen LogP contribution in [0.2, 0.25) is 0 Å². The van der Waals surface area contributed by atoms with Crippen LogP contribution < -0.4 is 5.73 Å². The molecule has 2 N–H and O–H groups in total. The van der Waals surface area contributed by atoms with Gasteiger partial charge in [-0.15, -0.1) is 0 Å². The molecule has 0 aromatic rings. The highest BCUT2D eigenvalue weighted by Gasteiger charge is 2.25. The second-order valence-electron chi connectivity index (χ2n) is 5.48. The molecule has 0 aromatic heterocycles. The predicted molar refractivity (Wildman–Crippen MR) is 76.9 cm³/mol. The van der Waals surface area contributed by atoms with E-state index in [0.717, 1.165) is 32.6 Å². The quantitative estimate of drug-likeness (QED) is 0.734. The SMILES string of the molecule is CCC(CN)N1CCN(C(=O)CC(C)COC)CC1. The van der Waals surface area contributed by atoms with Crippen LogP contribution in [0.25, 0.3) is 0 Å². The first-order valence-corrected chi connectivity index (χ1v) is 7.33. The summed E-state index contributed by atoms with van der Waals surface area (Å²) in [4.78, 5) is 16.5. The van der Waals surface area contributed by atoms with Gasteiger partial charge in [-0.25, -0.2) is 0 Å². The lowest BCUT2D eigenvalue weighted by atomic mass is 10.1. The van der Waals surface area contributed by atoms with Crippen LogP contribution in [0.5, 0.6) is 0 Å². The molecule has 0 bridgehead atoms. The van der Waals surface area contributed by atoms with Crippen LogP contribution in [0.4, 0.5) is 0 Å². The number of carbonyl (C=O) groups excluding carboxylic acids is 1. The third-order valence-corrected chi connectivity index (χ3v) is 3.90. The zero-order valence-corrected chi connectivity index (χ0v) is 12.6. The largest absolute Gasteiger partial charge is 0.384 e. The highest BCUT2D eigenvalue weighted by molar-refractivity contribution is 5.76. The van der Waals surface area contributed by atoms with Crippen molar-refractivity contribution in [3.05, 3.63) is 0 Å². The van der Waals surface area contributed by atoms with Crippen LogP contribution in [0.3, 0.4) is 0 Å². The number of carbonyl (C=O) groups is 1. The molecule has 1 saturated heterocycles. The van der Waals surface area contributed by atoms with E-state index in [2.05, 4.69) is 18.7 Å². The fourth-order valence-corrected chi connectivity index (χ4v) is 2.68. The van der Waals surface area contributed by atoms with Crippen molar-refractivity contribution in [1.29, 1.82) is 0 Å². The second-order valence-corrected chi connectivity index (χ2v) is 5.48. The van der Waals surface area contributed by atoms with Gasteiger partial charge in [-0.2, -0.15) is 0 Å². The number of piperazine rings is 1.